The van der Waals surface area contributed by atoms with Gasteiger partial charge in [-0.2, -0.15) is 0 Å². The van der Waals surface area contributed by atoms with Crippen LogP contribution in [0.15, 0.2) is 158 Å². The number of imidazole rings is 1. The predicted molar refractivity (Wildman–Crippen MR) is 199 cm³/mol. The van der Waals surface area contributed by atoms with Crippen LogP contribution in [0.4, 0.5) is 0 Å². The minimum Gasteiger partial charge on any atom is -0.458 e. The number of hydrogen-bond acceptors (Lipinski definition) is 3. The molecule has 0 spiro atoms. The van der Waals surface area contributed by atoms with E-state index in [4.69, 9.17) is 14.5 Å². The second-order valence-corrected chi connectivity index (χ2v) is 12.7. The maximum atomic E-state index is 6.65. The SMILES string of the molecule is c1cc(-n2c(-c3cc4c5c(c3)Oc3ccccc3B5c3ccccc3O4)nc3ccccc32)cc(-n2c3ccccc3c3ccccc32)c1. The fourth-order valence-electron chi connectivity index (χ4n) is 7.98. The second kappa shape index (κ2) is 9.99. The maximum absolute atomic E-state index is 6.65. The molecule has 49 heavy (non-hydrogen) atoms. The fourth-order valence-corrected chi connectivity index (χ4v) is 7.98. The molecule has 0 fully saturated rings. The van der Waals surface area contributed by atoms with Crippen LogP contribution in [0.1, 0.15) is 0 Å². The number of hydrogen-bond donors (Lipinski definition) is 0. The van der Waals surface area contributed by atoms with E-state index in [0.29, 0.717) is 0 Å². The highest BCUT2D eigenvalue weighted by atomic mass is 16.5. The third-order valence-electron chi connectivity index (χ3n) is 10.0. The van der Waals surface area contributed by atoms with Gasteiger partial charge in [-0.25, -0.2) is 4.98 Å². The van der Waals surface area contributed by atoms with E-state index < -0.39 is 0 Å². The van der Waals surface area contributed by atoms with Crippen molar-refractivity contribution >= 4 is 55.9 Å². The van der Waals surface area contributed by atoms with Crippen LogP contribution in [0, 0.1) is 0 Å². The first-order valence-electron chi connectivity index (χ1n) is 16.6. The van der Waals surface area contributed by atoms with Crippen LogP contribution in [-0.2, 0) is 0 Å². The van der Waals surface area contributed by atoms with Gasteiger partial charge in [0.15, 0.2) is 0 Å². The molecule has 0 saturated heterocycles. The lowest BCUT2D eigenvalue weighted by Gasteiger charge is -2.33. The Balaban J connectivity index is 1.14. The smallest absolute Gasteiger partial charge is 0.260 e. The summed E-state index contributed by atoms with van der Waals surface area (Å²) in [5, 5.41) is 2.48. The van der Waals surface area contributed by atoms with E-state index >= 15 is 0 Å². The van der Waals surface area contributed by atoms with Crippen molar-refractivity contribution in [3.8, 4) is 45.8 Å². The highest BCUT2D eigenvalue weighted by Gasteiger charge is 2.40. The van der Waals surface area contributed by atoms with E-state index in [-0.39, 0.29) is 6.71 Å². The molecule has 4 heterocycles. The Labute approximate surface area is 282 Å². The average molecular weight is 628 g/mol. The summed E-state index contributed by atoms with van der Waals surface area (Å²) in [6.45, 7) is 0.0238. The largest absolute Gasteiger partial charge is 0.458 e. The molecule has 0 aliphatic carbocycles. The average Bonchev–Trinajstić information content (AvgIpc) is 3.71. The Bertz CT molecular complexity index is 2690. The molecule has 0 atom stereocenters. The van der Waals surface area contributed by atoms with Crippen molar-refractivity contribution in [2.24, 2.45) is 0 Å². The molecule has 228 valence electrons. The first-order chi connectivity index (χ1) is 24.3. The van der Waals surface area contributed by atoms with Crippen molar-refractivity contribution in [1.29, 1.82) is 0 Å². The standard InChI is InChI=1S/C43H26BN3O2/c1-6-19-35-30(14-1)31-15-2-7-20-36(31)46(35)28-12-11-13-29(26-28)47-37-21-8-5-18-34(37)45-43(47)27-24-40-42-41(25-27)49-39-23-10-4-17-33(39)44(42)32-16-3-9-22-38(32)48-40/h1-26H. The topological polar surface area (TPSA) is 41.2 Å². The molecule has 5 nitrogen and oxygen atoms in total. The second-order valence-electron chi connectivity index (χ2n) is 12.7. The molecule has 6 heteroatoms. The van der Waals surface area contributed by atoms with Gasteiger partial charge in [0.25, 0.3) is 6.71 Å². The van der Waals surface area contributed by atoms with Crippen LogP contribution in [0.25, 0.3) is 55.6 Å². The Kier molecular flexibility index (Phi) is 5.41. The highest BCUT2D eigenvalue weighted by Crippen LogP contribution is 2.40. The van der Waals surface area contributed by atoms with Gasteiger partial charge >= 0.3 is 0 Å². The summed E-state index contributed by atoms with van der Waals surface area (Å²) < 4.78 is 17.9. The summed E-state index contributed by atoms with van der Waals surface area (Å²) in [5.41, 5.74) is 10.7. The van der Waals surface area contributed by atoms with Gasteiger partial charge in [0.05, 0.1) is 22.1 Å². The molecule has 0 unspecified atom stereocenters. The summed E-state index contributed by atoms with van der Waals surface area (Å²) in [4.78, 5) is 5.25. The molecular weight excluding hydrogens is 601 g/mol. The molecule has 11 rings (SSSR count). The monoisotopic (exact) mass is 627 g/mol. The molecule has 0 radical (unpaired) electrons. The van der Waals surface area contributed by atoms with Crippen LogP contribution in [0.5, 0.6) is 23.0 Å². The van der Waals surface area contributed by atoms with E-state index in [1.807, 2.05) is 18.2 Å². The number of ether oxygens (including phenoxy) is 2. The van der Waals surface area contributed by atoms with Crippen LogP contribution < -0.4 is 25.9 Å². The van der Waals surface area contributed by atoms with Crippen molar-refractivity contribution in [2.75, 3.05) is 0 Å². The van der Waals surface area contributed by atoms with Gasteiger partial charge in [0.2, 0.25) is 0 Å². The van der Waals surface area contributed by atoms with Crippen LogP contribution >= 0.6 is 0 Å². The number of para-hydroxylation sites is 6. The van der Waals surface area contributed by atoms with E-state index in [1.165, 1.54) is 21.8 Å². The Morgan fingerprint density at radius 1 is 0.449 bits per heavy atom. The van der Waals surface area contributed by atoms with Gasteiger partial charge < -0.3 is 14.0 Å². The zero-order valence-corrected chi connectivity index (χ0v) is 26.2. The lowest BCUT2D eigenvalue weighted by atomic mass is 9.35. The summed E-state index contributed by atoms with van der Waals surface area (Å²) in [5.74, 6) is 4.15. The van der Waals surface area contributed by atoms with Gasteiger partial charge in [0, 0.05) is 33.2 Å². The molecule has 0 N–H and O–H groups in total. The molecule has 0 amide bonds. The van der Waals surface area contributed by atoms with Crippen LogP contribution in [0.3, 0.4) is 0 Å². The zero-order valence-electron chi connectivity index (χ0n) is 26.2. The Morgan fingerprint density at radius 2 is 0.980 bits per heavy atom. The van der Waals surface area contributed by atoms with E-state index in [1.54, 1.807) is 0 Å². The van der Waals surface area contributed by atoms with E-state index in [2.05, 4.69) is 149 Å². The van der Waals surface area contributed by atoms with Gasteiger partial charge in [-0.05, 0) is 77.7 Å². The van der Waals surface area contributed by atoms with E-state index in [0.717, 1.165) is 73.2 Å². The number of rotatable bonds is 3. The van der Waals surface area contributed by atoms with Crippen molar-refractivity contribution < 1.29 is 9.47 Å². The Morgan fingerprint density at radius 3 is 1.63 bits per heavy atom. The quantitative estimate of drug-likeness (QED) is 0.185. The third-order valence-corrected chi connectivity index (χ3v) is 10.0. The zero-order chi connectivity index (χ0) is 32.1. The summed E-state index contributed by atoms with van der Waals surface area (Å²) >= 11 is 0. The molecule has 0 saturated carbocycles. The van der Waals surface area contributed by atoms with Gasteiger partial charge in [-0.1, -0.05) is 91.0 Å². The van der Waals surface area contributed by atoms with Gasteiger partial charge in [-0.15, -0.1) is 0 Å². The molecule has 9 aromatic rings. The molecular formula is C43H26BN3O2. The number of aromatic nitrogens is 3. The van der Waals surface area contributed by atoms with Gasteiger partial charge in [0.1, 0.15) is 28.8 Å². The lowest BCUT2D eigenvalue weighted by molar-refractivity contribution is 0.465. The fraction of sp³-hybridized carbons (Fsp3) is 0. The number of fused-ring (bicyclic) bond motifs is 8. The third kappa shape index (κ3) is 3.80. The Hall–Kier alpha value is -6.53. The van der Waals surface area contributed by atoms with Gasteiger partial charge in [-0.3, -0.25) is 4.57 Å². The van der Waals surface area contributed by atoms with Crippen LogP contribution in [-0.4, -0.2) is 20.8 Å². The number of nitrogens with zero attached hydrogens (tertiary/aromatic N) is 3. The highest BCUT2D eigenvalue weighted by molar-refractivity contribution is 6.98. The minimum atomic E-state index is 0.0238. The molecule has 7 aromatic carbocycles. The number of benzene rings is 7. The van der Waals surface area contributed by atoms with E-state index in [9.17, 15) is 0 Å². The molecule has 2 aromatic heterocycles. The maximum Gasteiger partial charge on any atom is 0.260 e. The molecule has 2 aliphatic rings. The predicted octanol–water partition coefficient (Wildman–Crippen LogP) is 8.52. The molecule has 0 bridgehead atoms. The van der Waals surface area contributed by atoms with Crippen LogP contribution in [0.2, 0.25) is 0 Å². The van der Waals surface area contributed by atoms with Crippen molar-refractivity contribution in [3.05, 3.63) is 158 Å². The summed E-state index contributed by atoms with van der Waals surface area (Å²) in [6, 6.07) is 55.2. The van der Waals surface area contributed by atoms with Crippen molar-refractivity contribution in [2.45, 2.75) is 0 Å². The van der Waals surface area contributed by atoms with Crippen molar-refractivity contribution in [3.63, 3.8) is 0 Å². The minimum absolute atomic E-state index is 0.0238. The first-order valence-corrected chi connectivity index (χ1v) is 16.6. The molecule has 2 aliphatic heterocycles. The first kappa shape index (κ1) is 26.5. The van der Waals surface area contributed by atoms with Crippen molar-refractivity contribution in [1.82, 2.24) is 14.1 Å². The normalized spacial score (nSPS) is 12.8. The summed E-state index contributed by atoms with van der Waals surface area (Å²) in [7, 11) is 0. The summed E-state index contributed by atoms with van der Waals surface area (Å²) in [6.07, 6.45) is 0. The lowest BCUT2D eigenvalue weighted by Crippen LogP contribution is -2.57.